The number of nitriles is 1. The van der Waals surface area contributed by atoms with E-state index >= 15 is 0 Å². The quantitative estimate of drug-likeness (QED) is 0.812. The van der Waals surface area contributed by atoms with Crippen LogP contribution in [0.4, 0.5) is 5.69 Å². The zero-order valence-corrected chi connectivity index (χ0v) is 10.9. The van der Waals surface area contributed by atoms with E-state index in [2.05, 4.69) is 27.3 Å². The Hall–Kier alpha value is -1.21. The summed E-state index contributed by atoms with van der Waals surface area (Å²) in [4.78, 5) is 0. The highest BCUT2D eigenvalue weighted by molar-refractivity contribution is 9.10. The van der Waals surface area contributed by atoms with Gasteiger partial charge < -0.3 is 10.1 Å². The first-order chi connectivity index (χ1) is 7.77. The van der Waals surface area contributed by atoms with Gasteiger partial charge in [-0.2, -0.15) is 5.26 Å². The highest BCUT2D eigenvalue weighted by Gasteiger charge is 2.00. The number of anilines is 1. The van der Waals surface area contributed by atoms with E-state index < -0.39 is 0 Å². The van der Waals surface area contributed by atoms with Crippen molar-refractivity contribution in [2.75, 3.05) is 19.0 Å². The summed E-state index contributed by atoms with van der Waals surface area (Å²) < 4.78 is 6.17. The Bertz CT molecular complexity index is 374. The predicted octanol–water partition coefficient (Wildman–Crippen LogP) is 3.56. The van der Waals surface area contributed by atoms with Crippen LogP contribution in [0.2, 0.25) is 0 Å². The molecular weight excluding hydrogens is 268 g/mol. The minimum Gasteiger partial charge on any atom is -0.497 e. The largest absolute Gasteiger partial charge is 0.497 e. The predicted molar refractivity (Wildman–Crippen MR) is 68.6 cm³/mol. The third-order valence-electron chi connectivity index (χ3n) is 2.20. The highest BCUT2D eigenvalue weighted by Crippen LogP contribution is 2.26. The number of nitrogens with zero attached hydrogens (tertiary/aromatic N) is 1. The standard InChI is InChI=1S/C12H15BrN2O/c1-16-10-5-6-11(13)12(9-10)15-8-4-2-3-7-14/h5-6,9,15H,2-4,8H2,1H3. The summed E-state index contributed by atoms with van der Waals surface area (Å²) >= 11 is 3.47. The van der Waals surface area contributed by atoms with Gasteiger partial charge in [0.1, 0.15) is 5.75 Å². The lowest BCUT2D eigenvalue weighted by molar-refractivity contribution is 0.415. The molecule has 0 aliphatic rings. The molecule has 16 heavy (non-hydrogen) atoms. The zero-order chi connectivity index (χ0) is 11.8. The van der Waals surface area contributed by atoms with Gasteiger partial charge in [0.25, 0.3) is 0 Å². The molecule has 0 saturated heterocycles. The fourth-order valence-corrected chi connectivity index (χ4v) is 1.71. The highest BCUT2D eigenvalue weighted by atomic mass is 79.9. The molecule has 4 heteroatoms. The molecule has 0 aliphatic heterocycles. The van der Waals surface area contributed by atoms with Gasteiger partial charge in [-0.05, 0) is 40.9 Å². The van der Waals surface area contributed by atoms with Crippen LogP contribution < -0.4 is 10.1 Å². The summed E-state index contributed by atoms with van der Waals surface area (Å²) in [6, 6.07) is 7.95. The fourth-order valence-electron chi connectivity index (χ4n) is 1.32. The Morgan fingerprint density at radius 2 is 2.25 bits per heavy atom. The lowest BCUT2D eigenvalue weighted by Gasteiger charge is -2.09. The lowest BCUT2D eigenvalue weighted by Crippen LogP contribution is -2.02. The van der Waals surface area contributed by atoms with Crippen molar-refractivity contribution < 1.29 is 4.74 Å². The fraction of sp³-hybridized carbons (Fsp3) is 0.417. The topological polar surface area (TPSA) is 45.0 Å². The first kappa shape index (κ1) is 12.9. The van der Waals surface area contributed by atoms with Gasteiger partial charge in [-0.1, -0.05) is 0 Å². The average Bonchev–Trinajstić information content (AvgIpc) is 2.31. The van der Waals surface area contributed by atoms with E-state index in [1.54, 1.807) is 7.11 Å². The molecule has 1 aromatic carbocycles. The van der Waals surface area contributed by atoms with E-state index in [4.69, 9.17) is 10.00 Å². The van der Waals surface area contributed by atoms with Gasteiger partial charge in [0, 0.05) is 23.5 Å². The van der Waals surface area contributed by atoms with Crippen molar-refractivity contribution >= 4 is 21.6 Å². The maximum atomic E-state index is 8.40. The summed E-state index contributed by atoms with van der Waals surface area (Å²) in [5, 5.41) is 11.7. The number of rotatable bonds is 6. The van der Waals surface area contributed by atoms with Crippen LogP contribution in [0, 0.1) is 11.3 Å². The lowest BCUT2D eigenvalue weighted by atomic mass is 10.2. The number of hydrogen-bond donors (Lipinski definition) is 1. The summed E-state index contributed by atoms with van der Waals surface area (Å²) in [6.45, 7) is 0.868. The van der Waals surface area contributed by atoms with Gasteiger partial charge in [-0.3, -0.25) is 0 Å². The van der Waals surface area contributed by atoms with Crippen LogP contribution >= 0.6 is 15.9 Å². The second-order valence-electron chi connectivity index (χ2n) is 3.39. The van der Waals surface area contributed by atoms with Crippen LogP contribution in [0.1, 0.15) is 19.3 Å². The number of methoxy groups -OCH3 is 1. The van der Waals surface area contributed by atoms with Crippen LogP contribution in [0.25, 0.3) is 0 Å². The number of benzene rings is 1. The van der Waals surface area contributed by atoms with Crippen LogP contribution in [-0.4, -0.2) is 13.7 Å². The van der Waals surface area contributed by atoms with Crippen molar-refractivity contribution in [3.8, 4) is 11.8 Å². The molecule has 86 valence electrons. The van der Waals surface area contributed by atoms with Crippen molar-refractivity contribution in [1.82, 2.24) is 0 Å². The average molecular weight is 283 g/mol. The van der Waals surface area contributed by atoms with Gasteiger partial charge in [-0.25, -0.2) is 0 Å². The molecule has 0 radical (unpaired) electrons. The van der Waals surface area contributed by atoms with Crippen LogP contribution in [-0.2, 0) is 0 Å². The van der Waals surface area contributed by atoms with Gasteiger partial charge >= 0.3 is 0 Å². The van der Waals surface area contributed by atoms with E-state index in [0.717, 1.165) is 35.3 Å². The Morgan fingerprint density at radius 3 is 2.94 bits per heavy atom. The van der Waals surface area contributed by atoms with Gasteiger partial charge in [0.15, 0.2) is 0 Å². The molecule has 0 aromatic heterocycles. The van der Waals surface area contributed by atoms with Crippen LogP contribution in [0.15, 0.2) is 22.7 Å². The van der Waals surface area contributed by atoms with E-state index in [1.165, 1.54) is 0 Å². The number of ether oxygens (including phenoxy) is 1. The monoisotopic (exact) mass is 282 g/mol. The zero-order valence-electron chi connectivity index (χ0n) is 9.29. The minimum atomic E-state index is 0.626. The number of halogens is 1. The first-order valence-electron chi connectivity index (χ1n) is 5.22. The Kier molecular flexibility index (Phi) is 5.73. The summed E-state index contributed by atoms with van der Waals surface area (Å²) in [7, 11) is 1.65. The molecule has 0 heterocycles. The molecular formula is C12H15BrN2O. The second kappa shape index (κ2) is 7.13. The maximum Gasteiger partial charge on any atom is 0.121 e. The molecule has 0 saturated carbocycles. The smallest absolute Gasteiger partial charge is 0.121 e. The molecule has 0 amide bonds. The van der Waals surface area contributed by atoms with E-state index in [9.17, 15) is 0 Å². The van der Waals surface area contributed by atoms with Crippen molar-refractivity contribution in [2.24, 2.45) is 0 Å². The Balaban J connectivity index is 2.43. The molecule has 0 fully saturated rings. The molecule has 0 spiro atoms. The van der Waals surface area contributed by atoms with Crippen LogP contribution in [0.3, 0.4) is 0 Å². The summed E-state index contributed by atoms with van der Waals surface area (Å²) in [6.07, 6.45) is 2.56. The molecule has 0 bridgehead atoms. The Labute approximate surface area is 105 Å². The molecule has 0 unspecified atom stereocenters. The number of nitrogens with one attached hydrogen (secondary N) is 1. The molecule has 0 aliphatic carbocycles. The van der Waals surface area contributed by atoms with Crippen LogP contribution in [0.5, 0.6) is 5.75 Å². The Morgan fingerprint density at radius 1 is 1.44 bits per heavy atom. The van der Waals surface area contributed by atoms with E-state index in [1.807, 2.05) is 18.2 Å². The van der Waals surface area contributed by atoms with Crippen molar-refractivity contribution in [1.29, 1.82) is 5.26 Å². The second-order valence-corrected chi connectivity index (χ2v) is 4.24. The normalized spacial score (nSPS) is 9.56. The molecule has 1 N–H and O–H groups in total. The third kappa shape index (κ3) is 4.11. The molecule has 1 aromatic rings. The van der Waals surface area contributed by atoms with Gasteiger partial charge in [0.05, 0.1) is 18.9 Å². The van der Waals surface area contributed by atoms with E-state index in [0.29, 0.717) is 6.42 Å². The molecule has 3 nitrogen and oxygen atoms in total. The third-order valence-corrected chi connectivity index (χ3v) is 2.90. The SMILES string of the molecule is COc1ccc(Br)c(NCCCCC#N)c1. The van der Waals surface area contributed by atoms with Crippen molar-refractivity contribution in [3.63, 3.8) is 0 Å². The first-order valence-corrected chi connectivity index (χ1v) is 6.01. The van der Waals surface area contributed by atoms with Gasteiger partial charge in [-0.15, -0.1) is 0 Å². The minimum absolute atomic E-state index is 0.626. The molecule has 1 rings (SSSR count). The van der Waals surface area contributed by atoms with Crippen molar-refractivity contribution in [3.05, 3.63) is 22.7 Å². The maximum absolute atomic E-state index is 8.40. The molecule has 0 atom stereocenters. The van der Waals surface area contributed by atoms with E-state index in [-0.39, 0.29) is 0 Å². The number of hydrogen-bond acceptors (Lipinski definition) is 3. The summed E-state index contributed by atoms with van der Waals surface area (Å²) in [5.74, 6) is 0.836. The van der Waals surface area contributed by atoms with Gasteiger partial charge in [0.2, 0.25) is 0 Å². The number of unbranched alkanes of at least 4 members (excludes halogenated alkanes) is 2. The van der Waals surface area contributed by atoms with Crippen molar-refractivity contribution in [2.45, 2.75) is 19.3 Å². The summed E-state index contributed by atoms with van der Waals surface area (Å²) in [5.41, 5.74) is 1.02.